The van der Waals surface area contributed by atoms with Gasteiger partial charge in [-0.2, -0.15) is 0 Å². The number of ether oxygens (including phenoxy) is 2. The summed E-state index contributed by atoms with van der Waals surface area (Å²) in [7, 11) is 0. The van der Waals surface area contributed by atoms with E-state index in [-0.39, 0.29) is 23.9 Å². The summed E-state index contributed by atoms with van der Waals surface area (Å²) in [5.41, 5.74) is 4.17. The summed E-state index contributed by atoms with van der Waals surface area (Å²) in [6.07, 6.45) is 3.18. The highest BCUT2D eigenvalue weighted by atomic mass is 16.6. The maximum Gasteiger partial charge on any atom is 0.338 e. The SMILES string of the molecule is CC1=CC(O/C=C2/C(=O)OC3c4ccccc4CC23)N(c2ccccc2)C1=O. The Morgan fingerprint density at radius 3 is 2.64 bits per heavy atom. The summed E-state index contributed by atoms with van der Waals surface area (Å²) < 4.78 is 11.5. The summed E-state index contributed by atoms with van der Waals surface area (Å²) in [5, 5.41) is 0. The smallest absolute Gasteiger partial charge is 0.338 e. The molecule has 1 amide bonds. The number of hydrogen-bond acceptors (Lipinski definition) is 4. The van der Waals surface area contributed by atoms with Crippen LogP contribution in [0.4, 0.5) is 5.69 Å². The molecule has 140 valence electrons. The molecular weight excluding hydrogens is 354 g/mol. The molecule has 1 fully saturated rings. The molecule has 0 spiro atoms. The van der Waals surface area contributed by atoms with Gasteiger partial charge in [-0.3, -0.25) is 9.69 Å². The topological polar surface area (TPSA) is 55.8 Å². The Morgan fingerprint density at radius 1 is 1.07 bits per heavy atom. The van der Waals surface area contributed by atoms with Crippen LogP contribution in [0.1, 0.15) is 24.2 Å². The number of carbonyl (C=O) groups is 2. The van der Waals surface area contributed by atoms with Gasteiger partial charge in [0, 0.05) is 17.2 Å². The van der Waals surface area contributed by atoms with Crippen molar-refractivity contribution in [1.82, 2.24) is 0 Å². The molecule has 1 saturated heterocycles. The predicted octanol–water partition coefficient (Wildman–Crippen LogP) is 3.68. The van der Waals surface area contributed by atoms with Crippen molar-refractivity contribution in [2.24, 2.45) is 5.92 Å². The first-order chi connectivity index (χ1) is 13.6. The zero-order valence-corrected chi connectivity index (χ0v) is 15.4. The monoisotopic (exact) mass is 373 g/mol. The van der Waals surface area contributed by atoms with Crippen molar-refractivity contribution in [1.29, 1.82) is 0 Å². The van der Waals surface area contributed by atoms with E-state index in [0.717, 1.165) is 17.7 Å². The predicted molar refractivity (Wildman–Crippen MR) is 103 cm³/mol. The maximum absolute atomic E-state index is 12.6. The summed E-state index contributed by atoms with van der Waals surface area (Å²) in [6, 6.07) is 17.4. The van der Waals surface area contributed by atoms with E-state index >= 15 is 0 Å². The molecule has 0 bridgehead atoms. The van der Waals surface area contributed by atoms with Crippen LogP contribution in [0.25, 0.3) is 0 Å². The lowest BCUT2D eigenvalue weighted by atomic mass is 9.98. The summed E-state index contributed by atoms with van der Waals surface area (Å²) in [5.74, 6) is -0.493. The van der Waals surface area contributed by atoms with E-state index in [1.807, 2.05) is 48.5 Å². The number of carbonyl (C=O) groups excluding carboxylic acids is 2. The van der Waals surface area contributed by atoms with Crippen molar-refractivity contribution in [3.63, 3.8) is 0 Å². The summed E-state index contributed by atoms with van der Waals surface area (Å²) in [6.45, 7) is 1.77. The molecule has 5 heteroatoms. The third kappa shape index (κ3) is 2.54. The number of nitrogens with zero attached hydrogens (tertiary/aromatic N) is 1. The Labute approximate surface area is 162 Å². The van der Waals surface area contributed by atoms with Crippen molar-refractivity contribution in [3.8, 4) is 0 Å². The molecule has 3 atom stereocenters. The van der Waals surface area contributed by atoms with E-state index in [9.17, 15) is 9.59 Å². The molecule has 0 radical (unpaired) electrons. The van der Waals surface area contributed by atoms with Gasteiger partial charge in [-0.15, -0.1) is 0 Å². The van der Waals surface area contributed by atoms with Gasteiger partial charge in [0.1, 0.15) is 6.10 Å². The van der Waals surface area contributed by atoms with Crippen LogP contribution in [0, 0.1) is 5.92 Å². The summed E-state index contributed by atoms with van der Waals surface area (Å²) in [4.78, 5) is 26.6. The number of rotatable bonds is 3. The van der Waals surface area contributed by atoms with E-state index in [0.29, 0.717) is 11.1 Å². The number of hydrogen-bond donors (Lipinski definition) is 0. The van der Waals surface area contributed by atoms with Crippen molar-refractivity contribution in [3.05, 3.63) is 89.2 Å². The van der Waals surface area contributed by atoms with Crippen LogP contribution in [0.3, 0.4) is 0 Å². The Morgan fingerprint density at radius 2 is 1.82 bits per heavy atom. The second kappa shape index (κ2) is 6.37. The lowest BCUT2D eigenvalue weighted by Gasteiger charge is -2.24. The van der Waals surface area contributed by atoms with Gasteiger partial charge in [-0.05, 0) is 42.7 Å². The number of esters is 1. The van der Waals surface area contributed by atoms with E-state index in [4.69, 9.17) is 9.47 Å². The van der Waals surface area contributed by atoms with E-state index in [1.165, 1.54) is 11.8 Å². The number of anilines is 1. The molecule has 3 unspecified atom stereocenters. The van der Waals surface area contributed by atoms with Crippen LogP contribution in [-0.2, 0) is 25.5 Å². The van der Waals surface area contributed by atoms with Gasteiger partial charge in [-0.25, -0.2) is 4.79 Å². The Bertz CT molecular complexity index is 1020. The number of amides is 1. The third-order valence-corrected chi connectivity index (χ3v) is 5.61. The van der Waals surface area contributed by atoms with Crippen molar-refractivity contribution >= 4 is 17.6 Å². The second-order valence-corrected chi connectivity index (χ2v) is 7.30. The highest BCUT2D eigenvalue weighted by molar-refractivity contribution is 6.08. The van der Waals surface area contributed by atoms with Crippen LogP contribution < -0.4 is 4.90 Å². The highest BCUT2D eigenvalue weighted by Crippen LogP contribution is 2.47. The third-order valence-electron chi connectivity index (χ3n) is 5.61. The molecule has 3 aliphatic rings. The van der Waals surface area contributed by atoms with Crippen LogP contribution >= 0.6 is 0 Å². The fourth-order valence-corrected chi connectivity index (χ4v) is 4.21. The fourth-order valence-electron chi connectivity index (χ4n) is 4.21. The maximum atomic E-state index is 12.6. The van der Waals surface area contributed by atoms with Gasteiger partial charge in [-0.1, -0.05) is 42.5 Å². The summed E-state index contributed by atoms with van der Waals surface area (Å²) >= 11 is 0. The molecule has 0 N–H and O–H groups in total. The lowest BCUT2D eigenvalue weighted by molar-refractivity contribution is -0.139. The Balaban J connectivity index is 1.41. The van der Waals surface area contributed by atoms with Gasteiger partial charge in [0.05, 0.1) is 11.8 Å². The Kier molecular flexibility index (Phi) is 3.83. The normalized spacial score (nSPS) is 26.9. The quantitative estimate of drug-likeness (QED) is 0.468. The number of benzene rings is 2. The average molecular weight is 373 g/mol. The lowest BCUT2D eigenvalue weighted by Crippen LogP contribution is -2.35. The largest absolute Gasteiger partial charge is 0.473 e. The number of fused-ring (bicyclic) bond motifs is 3. The van der Waals surface area contributed by atoms with Gasteiger partial charge < -0.3 is 9.47 Å². The van der Waals surface area contributed by atoms with Crippen molar-refractivity contribution < 1.29 is 19.1 Å². The zero-order chi connectivity index (χ0) is 19.3. The molecule has 0 aromatic heterocycles. The van der Waals surface area contributed by atoms with Gasteiger partial charge in [0.2, 0.25) is 0 Å². The van der Waals surface area contributed by atoms with Gasteiger partial charge in [0.25, 0.3) is 5.91 Å². The van der Waals surface area contributed by atoms with Crippen LogP contribution in [0.15, 0.2) is 78.1 Å². The van der Waals surface area contributed by atoms with E-state index in [2.05, 4.69) is 6.07 Å². The minimum atomic E-state index is -0.585. The molecule has 5 rings (SSSR count). The van der Waals surface area contributed by atoms with Gasteiger partial charge in [0.15, 0.2) is 6.23 Å². The minimum absolute atomic E-state index is 0.0442. The standard InChI is InChI=1S/C23H19NO4/c1-14-11-20(24(22(14)25)16-8-3-2-4-9-16)27-13-19-18-12-15-7-5-6-10-17(15)21(18)28-23(19)26/h2-11,13,18,20-21H,12H2,1H3/b19-13+. The molecular formula is C23H19NO4. The van der Waals surface area contributed by atoms with E-state index < -0.39 is 6.23 Å². The van der Waals surface area contributed by atoms with E-state index in [1.54, 1.807) is 17.9 Å². The molecule has 5 nitrogen and oxygen atoms in total. The first-order valence-corrected chi connectivity index (χ1v) is 9.35. The molecule has 2 aliphatic heterocycles. The molecule has 2 aromatic carbocycles. The van der Waals surface area contributed by atoms with Crippen molar-refractivity contribution in [2.75, 3.05) is 4.90 Å². The molecule has 2 aromatic rings. The van der Waals surface area contributed by atoms with Crippen LogP contribution in [0.2, 0.25) is 0 Å². The average Bonchev–Trinajstić information content (AvgIpc) is 3.31. The van der Waals surface area contributed by atoms with Crippen LogP contribution in [0.5, 0.6) is 0 Å². The van der Waals surface area contributed by atoms with Crippen molar-refractivity contribution in [2.45, 2.75) is 25.7 Å². The first kappa shape index (κ1) is 16.8. The fraction of sp³-hybridized carbons (Fsp3) is 0.217. The molecule has 0 saturated carbocycles. The first-order valence-electron chi connectivity index (χ1n) is 9.35. The zero-order valence-electron chi connectivity index (χ0n) is 15.4. The molecule has 1 aliphatic carbocycles. The molecule has 2 heterocycles. The second-order valence-electron chi connectivity index (χ2n) is 7.30. The highest BCUT2D eigenvalue weighted by Gasteiger charge is 2.46. The minimum Gasteiger partial charge on any atom is -0.473 e. The number of para-hydroxylation sites is 1. The van der Waals surface area contributed by atoms with Crippen LogP contribution in [-0.4, -0.2) is 18.1 Å². The molecule has 28 heavy (non-hydrogen) atoms. The Hall–Kier alpha value is -3.34. The van der Waals surface area contributed by atoms with Gasteiger partial charge >= 0.3 is 5.97 Å².